The van der Waals surface area contributed by atoms with E-state index in [0.717, 1.165) is 42.1 Å². The van der Waals surface area contributed by atoms with Gasteiger partial charge in [-0.25, -0.2) is 4.68 Å². The standard InChI is InChI=1S/C17H18N6O2S/c1-10-5-7-26-14(10)17(24)22-6-4-12(8-22)23-9-13(19-21-23)16-18-15(20-25-16)11-2-3-11/h5,7,9,11-12H,2-4,6,8H2,1H3/t12-/m0/s1. The Morgan fingerprint density at radius 2 is 2.23 bits per heavy atom. The van der Waals surface area contributed by atoms with Gasteiger partial charge in [-0.15, -0.1) is 16.4 Å². The molecule has 3 aromatic rings. The second-order valence-electron chi connectivity index (χ2n) is 6.94. The summed E-state index contributed by atoms with van der Waals surface area (Å²) >= 11 is 1.50. The number of hydrogen-bond acceptors (Lipinski definition) is 7. The summed E-state index contributed by atoms with van der Waals surface area (Å²) < 4.78 is 7.12. The van der Waals surface area contributed by atoms with Crippen molar-refractivity contribution < 1.29 is 9.32 Å². The predicted octanol–water partition coefficient (Wildman–Crippen LogP) is 2.66. The van der Waals surface area contributed by atoms with Crippen LogP contribution in [0.1, 0.15) is 52.3 Å². The van der Waals surface area contributed by atoms with Crippen molar-refractivity contribution in [2.24, 2.45) is 0 Å². The maximum absolute atomic E-state index is 12.7. The van der Waals surface area contributed by atoms with Crippen molar-refractivity contribution in [3.05, 3.63) is 33.9 Å². The summed E-state index contributed by atoms with van der Waals surface area (Å²) in [6, 6.07) is 2.10. The number of carbonyl (C=O) groups is 1. The Morgan fingerprint density at radius 3 is 3.00 bits per heavy atom. The minimum absolute atomic E-state index is 0.103. The van der Waals surface area contributed by atoms with E-state index in [1.54, 1.807) is 0 Å². The van der Waals surface area contributed by atoms with E-state index in [1.165, 1.54) is 11.3 Å². The predicted molar refractivity (Wildman–Crippen MR) is 93.9 cm³/mol. The van der Waals surface area contributed by atoms with Crippen LogP contribution in [0.5, 0.6) is 0 Å². The number of aryl methyl sites for hydroxylation is 1. The number of thiophene rings is 1. The van der Waals surface area contributed by atoms with Gasteiger partial charge in [0.05, 0.1) is 17.1 Å². The highest BCUT2D eigenvalue weighted by atomic mass is 32.1. The van der Waals surface area contributed by atoms with E-state index in [9.17, 15) is 4.79 Å². The number of aromatic nitrogens is 5. The highest BCUT2D eigenvalue weighted by Gasteiger charge is 2.31. The van der Waals surface area contributed by atoms with Crippen molar-refractivity contribution >= 4 is 17.2 Å². The lowest BCUT2D eigenvalue weighted by Crippen LogP contribution is -2.29. The molecule has 2 fully saturated rings. The Kier molecular flexibility index (Phi) is 3.63. The molecule has 5 rings (SSSR count). The summed E-state index contributed by atoms with van der Waals surface area (Å²) in [4.78, 5) is 19.8. The molecule has 0 radical (unpaired) electrons. The molecular formula is C17H18N6O2S. The van der Waals surface area contributed by atoms with Crippen molar-refractivity contribution in [1.82, 2.24) is 30.0 Å². The Balaban J connectivity index is 1.29. The van der Waals surface area contributed by atoms with Crippen molar-refractivity contribution in [3.63, 3.8) is 0 Å². The molecule has 2 aliphatic rings. The van der Waals surface area contributed by atoms with Crippen molar-refractivity contribution in [1.29, 1.82) is 0 Å². The minimum Gasteiger partial charge on any atom is -0.336 e. The lowest BCUT2D eigenvalue weighted by Gasteiger charge is -2.16. The van der Waals surface area contributed by atoms with Crippen LogP contribution in [-0.4, -0.2) is 49.0 Å². The van der Waals surface area contributed by atoms with Gasteiger partial charge < -0.3 is 9.42 Å². The minimum atomic E-state index is 0.103. The molecule has 0 unspecified atom stereocenters. The molecule has 1 aliphatic heterocycles. The quantitative estimate of drug-likeness (QED) is 0.701. The molecule has 0 bridgehead atoms. The van der Waals surface area contributed by atoms with Gasteiger partial charge in [0.1, 0.15) is 0 Å². The van der Waals surface area contributed by atoms with E-state index in [2.05, 4.69) is 20.5 Å². The molecule has 4 heterocycles. The smallest absolute Gasteiger partial charge is 0.280 e. The first kappa shape index (κ1) is 15.7. The van der Waals surface area contributed by atoms with E-state index < -0.39 is 0 Å². The van der Waals surface area contributed by atoms with Crippen molar-refractivity contribution in [3.8, 4) is 11.6 Å². The lowest BCUT2D eigenvalue weighted by atomic mass is 10.2. The molecule has 1 aliphatic carbocycles. The molecule has 0 spiro atoms. The number of nitrogens with zero attached hydrogens (tertiary/aromatic N) is 6. The lowest BCUT2D eigenvalue weighted by molar-refractivity contribution is 0.0791. The van der Waals surface area contributed by atoms with Gasteiger partial charge in [0.25, 0.3) is 11.8 Å². The fraction of sp³-hybridized carbons (Fsp3) is 0.471. The highest BCUT2D eigenvalue weighted by Crippen LogP contribution is 2.38. The maximum atomic E-state index is 12.7. The second kappa shape index (κ2) is 6.01. The summed E-state index contributed by atoms with van der Waals surface area (Å²) in [6.07, 6.45) is 4.94. The molecule has 134 valence electrons. The van der Waals surface area contributed by atoms with Crippen molar-refractivity contribution in [2.45, 2.75) is 38.1 Å². The van der Waals surface area contributed by atoms with Gasteiger partial charge in [0.2, 0.25) is 0 Å². The molecule has 1 saturated carbocycles. The zero-order valence-corrected chi connectivity index (χ0v) is 15.1. The summed E-state index contributed by atoms with van der Waals surface area (Å²) in [5, 5.41) is 14.4. The van der Waals surface area contributed by atoms with Crippen LogP contribution in [0, 0.1) is 6.92 Å². The Bertz CT molecular complexity index is 956. The van der Waals surface area contributed by atoms with Gasteiger partial charge in [-0.2, -0.15) is 4.98 Å². The zero-order chi connectivity index (χ0) is 17.7. The van der Waals surface area contributed by atoms with Crippen LogP contribution in [-0.2, 0) is 0 Å². The number of carbonyl (C=O) groups excluding carboxylic acids is 1. The number of amides is 1. The first-order valence-corrected chi connectivity index (χ1v) is 9.66. The average Bonchev–Trinajstić information content (AvgIpc) is 3.14. The fourth-order valence-corrected chi connectivity index (χ4v) is 4.17. The summed E-state index contributed by atoms with van der Waals surface area (Å²) in [7, 11) is 0. The second-order valence-corrected chi connectivity index (χ2v) is 7.86. The van der Waals surface area contributed by atoms with Gasteiger partial charge >= 0.3 is 0 Å². The molecule has 1 amide bonds. The number of rotatable bonds is 4. The molecule has 1 atom stereocenters. The van der Waals surface area contributed by atoms with Crippen LogP contribution in [0.2, 0.25) is 0 Å². The van der Waals surface area contributed by atoms with Crippen LogP contribution in [0.25, 0.3) is 11.6 Å². The molecule has 0 aromatic carbocycles. The van der Waals surface area contributed by atoms with Crippen LogP contribution in [0.3, 0.4) is 0 Å². The molecule has 1 saturated heterocycles. The van der Waals surface area contributed by atoms with Gasteiger partial charge in [-0.1, -0.05) is 10.4 Å². The molecule has 3 aromatic heterocycles. The van der Waals surface area contributed by atoms with Crippen LogP contribution < -0.4 is 0 Å². The maximum Gasteiger partial charge on any atom is 0.280 e. The van der Waals surface area contributed by atoms with E-state index in [4.69, 9.17) is 4.52 Å². The summed E-state index contributed by atoms with van der Waals surface area (Å²) in [5.74, 6) is 1.72. The number of hydrogen-bond donors (Lipinski definition) is 0. The van der Waals surface area contributed by atoms with Gasteiger partial charge in [0, 0.05) is 19.0 Å². The first-order chi connectivity index (χ1) is 12.7. The first-order valence-electron chi connectivity index (χ1n) is 8.78. The van der Waals surface area contributed by atoms with Gasteiger partial charge in [-0.3, -0.25) is 4.79 Å². The molecule has 26 heavy (non-hydrogen) atoms. The summed E-state index contributed by atoms with van der Waals surface area (Å²) in [6.45, 7) is 3.33. The third kappa shape index (κ3) is 2.72. The monoisotopic (exact) mass is 370 g/mol. The van der Waals surface area contributed by atoms with Crippen LogP contribution in [0.15, 0.2) is 22.2 Å². The largest absolute Gasteiger partial charge is 0.336 e. The molecule has 9 heteroatoms. The highest BCUT2D eigenvalue weighted by molar-refractivity contribution is 7.12. The van der Waals surface area contributed by atoms with E-state index >= 15 is 0 Å². The molecular weight excluding hydrogens is 352 g/mol. The van der Waals surface area contributed by atoms with Crippen LogP contribution in [0.4, 0.5) is 0 Å². The zero-order valence-electron chi connectivity index (χ0n) is 14.3. The third-order valence-corrected chi connectivity index (χ3v) is 6.00. The van der Waals surface area contributed by atoms with Crippen molar-refractivity contribution in [2.75, 3.05) is 13.1 Å². The molecule has 8 nitrogen and oxygen atoms in total. The SMILES string of the molecule is Cc1ccsc1C(=O)N1CC[C@H](n2cc(-c3nc(C4CC4)no3)nn2)C1. The van der Waals surface area contributed by atoms with Gasteiger partial charge in [0.15, 0.2) is 11.5 Å². The van der Waals surface area contributed by atoms with Gasteiger partial charge in [-0.05, 0) is 43.2 Å². The van der Waals surface area contributed by atoms with E-state index in [1.807, 2.05) is 34.1 Å². The number of likely N-dealkylation sites (tertiary alicyclic amines) is 1. The average molecular weight is 370 g/mol. The topological polar surface area (TPSA) is 89.9 Å². The summed E-state index contributed by atoms with van der Waals surface area (Å²) in [5.41, 5.74) is 1.62. The Hall–Kier alpha value is -2.55. The third-order valence-electron chi connectivity index (χ3n) is 4.99. The molecule has 0 N–H and O–H groups in total. The fourth-order valence-electron chi connectivity index (χ4n) is 3.28. The van der Waals surface area contributed by atoms with Crippen LogP contribution >= 0.6 is 11.3 Å². The Morgan fingerprint density at radius 1 is 1.35 bits per heavy atom. The normalized spacial score (nSPS) is 20.0. The Labute approximate surface area is 153 Å². The van der Waals surface area contributed by atoms with E-state index in [-0.39, 0.29) is 11.9 Å². The van der Waals surface area contributed by atoms with E-state index in [0.29, 0.717) is 24.0 Å².